The second-order valence-corrected chi connectivity index (χ2v) is 6.13. The Morgan fingerprint density at radius 1 is 1.35 bits per heavy atom. The van der Waals surface area contributed by atoms with Crippen molar-refractivity contribution in [1.82, 2.24) is 9.55 Å². The van der Waals surface area contributed by atoms with Crippen LogP contribution in [0.3, 0.4) is 0 Å². The van der Waals surface area contributed by atoms with E-state index in [0.717, 1.165) is 43.9 Å². The summed E-state index contributed by atoms with van der Waals surface area (Å²) in [7, 11) is 1.75. The van der Waals surface area contributed by atoms with E-state index in [0.29, 0.717) is 0 Å². The molecule has 0 saturated heterocycles. The van der Waals surface area contributed by atoms with Crippen LogP contribution in [0, 0.1) is 11.8 Å². The highest BCUT2D eigenvalue weighted by molar-refractivity contribution is 5.25. The zero-order chi connectivity index (χ0) is 14.2. The number of imidazole rings is 1. The van der Waals surface area contributed by atoms with Gasteiger partial charge in [0.2, 0.25) is 5.95 Å². The van der Waals surface area contributed by atoms with Crippen LogP contribution >= 0.6 is 0 Å². The van der Waals surface area contributed by atoms with Crippen molar-refractivity contribution in [2.24, 2.45) is 11.8 Å². The molecule has 0 aliphatic heterocycles. The lowest BCUT2D eigenvalue weighted by molar-refractivity contribution is 0.190. The van der Waals surface area contributed by atoms with E-state index in [4.69, 9.17) is 4.74 Å². The molecule has 0 amide bonds. The Hall–Kier alpha value is -1.03. The number of hydrogen-bond donors (Lipinski definition) is 1. The lowest BCUT2D eigenvalue weighted by Crippen LogP contribution is -2.17. The minimum absolute atomic E-state index is 0.803. The molecule has 1 saturated carbocycles. The van der Waals surface area contributed by atoms with Crippen molar-refractivity contribution in [3.8, 4) is 0 Å². The van der Waals surface area contributed by atoms with Crippen LogP contribution in [0.4, 0.5) is 5.95 Å². The molecule has 1 aliphatic carbocycles. The van der Waals surface area contributed by atoms with Crippen LogP contribution in [0.5, 0.6) is 0 Å². The number of methoxy groups -OCH3 is 1. The smallest absolute Gasteiger partial charge is 0.202 e. The van der Waals surface area contributed by atoms with Crippen molar-refractivity contribution >= 4 is 5.95 Å². The second kappa shape index (κ2) is 8.30. The van der Waals surface area contributed by atoms with Crippen molar-refractivity contribution < 1.29 is 4.74 Å². The van der Waals surface area contributed by atoms with Gasteiger partial charge in [-0.05, 0) is 24.7 Å². The molecular weight excluding hydrogens is 250 g/mol. The van der Waals surface area contributed by atoms with Gasteiger partial charge in [0.15, 0.2) is 0 Å². The largest absolute Gasteiger partial charge is 0.385 e. The summed E-state index contributed by atoms with van der Waals surface area (Å²) < 4.78 is 7.28. The molecule has 1 aromatic heterocycles. The van der Waals surface area contributed by atoms with Crippen molar-refractivity contribution in [3.63, 3.8) is 0 Å². The molecule has 0 spiro atoms. The summed E-state index contributed by atoms with van der Waals surface area (Å²) in [6, 6.07) is 0. The van der Waals surface area contributed by atoms with E-state index in [1.807, 2.05) is 12.4 Å². The van der Waals surface area contributed by atoms with E-state index in [-0.39, 0.29) is 0 Å². The first-order chi connectivity index (χ1) is 9.79. The zero-order valence-corrected chi connectivity index (χ0v) is 13.0. The summed E-state index contributed by atoms with van der Waals surface area (Å²) in [4.78, 5) is 4.40. The molecule has 0 aromatic carbocycles. The maximum absolute atomic E-state index is 5.09. The van der Waals surface area contributed by atoms with Crippen molar-refractivity contribution in [1.29, 1.82) is 0 Å². The fourth-order valence-corrected chi connectivity index (χ4v) is 3.04. The van der Waals surface area contributed by atoms with Crippen LogP contribution in [0.1, 0.15) is 45.4 Å². The van der Waals surface area contributed by atoms with Crippen LogP contribution in [-0.4, -0.2) is 29.8 Å². The van der Waals surface area contributed by atoms with E-state index < -0.39 is 0 Å². The van der Waals surface area contributed by atoms with Crippen LogP contribution in [0.2, 0.25) is 0 Å². The number of nitrogens with zero attached hydrogens (tertiary/aromatic N) is 2. The van der Waals surface area contributed by atoms with Gasteiger partial charge in [0.25, 0.3) is 0 Å². The Kier molecular flexibility index (Phi) is 6.37. The molecule has 0 atom stereocenters. The molecule has 0 unspecified atom stereocenters. The molecule has 1 heterocycles. The summed E-state index contributed by atoms with van der Waals surface area (Å²) in [5, 5.41) is 3.49. The molecule has 20 heavy (non-hydrogen) atoms. The van der Waals surface area contributed by atoms with Crippen LogP contribution in [-0.2, 0) is 11.3 Å². The van der Waals surface area contributed by atoms with E-state index in [2.05, 4.69) is 21.8 Å². The van der Waals surface area contributed by atoms with Crippen molar-refractivity contribution in [2.45, 2.75) is 52.0 Å². The van der Waals surface area contributed by atoms with Gasteiger partial charge in [-0.1, -0.05) is 32.6 Å². The highest BCUT2D eigenvalue weighted by atomic mass is 16.5. The molecule has 0 radical (unpaired) electrons. The number of anilines is 1. The zero-order valence-electron chi connectivity index (χ0n) is 13.0. The van der Waals surface area contributed by atoms with Gasteiger partial charge in [0.1, 0.15) is 0 Å². The number of aryl methyl sites for hydroxylation is 1. The van der Waals surface area contributed by atoms with Crippen LogP contribution < -0.4 is 5.32 Å². The average molecular weight is 279 g/mol. The summed E-state index contributed by atoms with van der Waals surface area (Å²) in [6.07, 6.45) is 11.9. The Morgan fingerprint density at radius 3 is 2.90 bits per heavy atom. The van der Waals surface area contributed by atoms with Gasteiger partial charge in [-0.3, -0.25) is 0 Å². The number of rotatable bonds is 8. The number of ether oxygens (including phenoxy) is 1. The quantitative estimate of drug-likeness (QED) is 0.740. The Bertz CT molecular complexity index is 370. The van der Waals surface area contributed by atoms with E-state index in [9.17, 15) is 0 Å². The molecule has 114 valence electrons. The van der Waals surface area contributed by atoms with Crippen LogP contribution in [0.25, 0.3) is 0 Å². The Morgan fingerprint density at radius 2 is 2.15 bits per heavy atom. The van der Waals surface area contributed by atoms with Crippen molar-refractivity contribution in [3.05, 3.63) is 12.4 Å². The van der Waals surface area contributed by atoms with Gasteiger partial charge < -0.3 is 14.6 Å². The first-order valence-electron chi connectivity index (χ1n) is 8.03. The maximum Gasteiger partial charge on any atom is 0.202 e. The van der Waals surface area contributed by atoms with Gasteiger partial charge >= 0.3 is 0 Å². The fraction of sp³-hybridized carbons (Fsp3) is 0.812. The topological polar surface area (TPSA) is 39.1 Å². The molecule has 1 N–H and O–H groups in total. The minimum atomic E-state index is 0.803. The summed E-state index contributed by atoms with van der Waals surface area (Å²) >= 11 is 0. The van der Waals surface area contributed by atoms with E-state index in [1.165, 1.54) is 32.1 Å². The first-order valence-corrected chi connectivity index (χ1v) is 8.03. The molecule has 2 rings (SSSR count). The standard InChI is InChI=1S/C16H29N3O/c1-14-4-6-15(7-5-14)8-9-17-16-18-10-12-19(16)11-3-13-20-2/h10,12,14-15H,3-9,11,13H2,1-2H3,(H,17,18). The minimum Gasteiger partial charge on any atom is -0.385 e. The van der Waals surface area contributed by atoms with Crippen LogP contribution in [0.15, 0.2) is 12.4 Å². The van der Waals surface area contributed by atoms with Gasteiger partial charge in [0.05, 0.1) is 0 Å². The van der Waals surface area contributed by atoms with Gasteiger partial charge in [-0.15, -0.1) is 0 Å². The maximum atomic E-state index is 5.09. The summed E-state index contributed by atoms with van der Waals surface area (Å²) in [5.41, 5.74) is 0. The van der Waals surface area contributed by atoms with E-state index in [1.54, 1.807) is 7.11 Å². The first kappa shape index (κ1) is 15.4. The lowest BCUT2D eigenvalue weighted by Gasteiger charge is -2.26. The molecule has 1 fully saturated rings. The number of nitrogens with one attached hydrogen (secondary N) is 1. The SMILES string of the molecule is COCCCn1ccnc1NCCC1CCC(C)CC1. The Labute approximate surface area is 122 Å². The molecular formula is C16H29N3O. The second-order valence-electron chi connectivity index (χ2n) is 6.13. The van der Waals surface area contributed by atoms with Gasteiger partial charge in [-0.2, -0.15) is 0 Å². The van der Waals surface area contributed by atoms with Gasteiger partial charge in [0, 0.05) is 39.2 Å². The predicted molar refractivity (Wildman–Crippen MR) is 82.9 cm³/mol. The van der Waals surface area contributed by atoms with Gasteiger partial charge in [-0.25, -0.2) is 4.98 Å². The third kappa shape index (κ3) is 4.82. The lowest BCUT2D eigenvalue weighted by atomic mass is 9.81. The Balaban J connectivity index is 1.67. The molecule has 0 bridgehead atoms. The highest BCUT2D eigenvalue weighted by Gasteiger charge is 2.17. The average Bonchev–Trinajstić information content (AvgIpc) is 2.89. The highest BCUT2D eigenvalue weighted by Crippen LogP contribution is 2.30. The third-order valence-electron chi connectivity index (χ3n) is 4.43. The molecule has 4 heteroatoms. The normalized spacial score (nSPS) is 22.9. The summed E-state index contributed by atoms with van der Waals surface area (Å²) in [6.45, 7) is 5.20. The predicted octanol–water partition coefficient (Wildman–Crippen LogP) is 3.55. The van der Waals surface area contributed by atoms with Crippen molar-refractivity contribution in [2.75, 3.05) is 25.6 Å². The molecule has 1 aliphatic rings. The fourth-order valence-electron chi connectivity index (χ4n) is 3.04. The third-order valence-corrected chi connectivity index (χ3v) is 4.43. The summed E-state index contributed by atoms with van der Waals surface area (Å²) in [5.74, 6) is 2.86. The number of hydrogen-bond acceptors (Lipinski definition) is 3. The number of aromatic nitrogens is 2. The molecule has 4 nitrogen and oxygen atoms in total. The monoisotopic (exact) mass is 279 g/mol. The van der Waals surface area contributed by atoms with E-state index >= 15 is 0 Å². The molecule has 1 aromatic rings.